The Kier molecular flexibility index (Phi) is 9.29. The second kappa shape index (κ2) is 13.1. The van der Waals surface area contributed by atoms with Crippen LogP contribution in [-0.2, 0) is 28.7 Å². The number of hydrogen-bond donors (Lipinski definition) is 3. The zero-order valence-corrected chi connectivity index (χ0v) is 23.2. The van der Waals surface area contributed by atoms with Gasteiger partial charge >= 0.3 is 6.18 Å². The maximum absolute atomic E-state index is 13.5. The van der Waals surface area contributed by atoms with E-state index in [0.29, 0.717) is 6.04 Å². The van der Waals surface area contributed by atoms with Crippen molar-refractivity contribution in [2.45, 2.75) is 63.3 Å². The number of nitrogens with one attached hydrogen (secondary N) is 3. The van der Waals surface area contributed by atoms with E-state index < -0.39 is 23.7 Å². The molecule has 3 N–H and O–H groups in total. The quantitative estimate of drug-likeness (QED) is 0.355. The van der Waals surface area contributed by atoms with Crippen LogP contribution in [0, 0.1) is 0 Å². The predicted octanol–water partition coefficient (Wildman–Crippen LogP) is 4.48. The number of alkyl halides is 3. The number of H-pyrrole nitrogens is 1. The molecule has 10 heteroatoms. The van der Waals surface area contributed by atoms with E-state index >= 15 is 0 Å². The Labute approximate surface area is 238 Å². The van der Waals surface area contributed by atoms with E-state index in [2.05, 4.69) is 25.4 Å². The molecule has 1 saturated heterocycles. The number of rotatable bonds is 9. The lowest BCUT2D eigenvalue weighted by Gasteiger charge is -2.40. The number of carbonyl (C=O) groups excluding carboxylic acids is 2. The fraction of sp³-hybridized carbons (Fsp3) is 0.484. The monoisotopic (exact) mass is 569 g/mol. The molecule has 0 radical (unpaired) electrons. The number of aromatic nitrogens is 1. The molecule has 1 aliphatic heterocycles. The van der Waals surface area contributed by atoms with Crippen LogP contribution in [0.25, 0.3) is 10.9 Å². The van der Waals surface area contributed by atoms with Crippen molar-refractivity contribution in [3.8, 4) is 0 Å². The molecule has 7 nitrogen and oxygen atoms in total. The van der Waals surface area contributed by atoms with Gasteiger partial charge in [0.1, 0.15) is 6.04 Å². The van der Waals surface area contributed by atoms with Crippen molar-refractivity contribution in [2.75, 3.05) is 32.7 Å². The van der Waals surface area contributed by atoms with Gasteiger partial charge in [-0.15, -0.1) is 0 Å². The Hall–Kier alpha value is -3.37. The summed E-state index contributed by atoms with van der Waals surface area (Å²) in [5.41, 5.74) is 0.937. The van der Waals surface area contributed by atoms with E-state index in [1.807, 2.05) is 24.3 Å². The van der Waals surface area contributed by atoms with Gasteiger partial charge in [0.05, 0.1) is 12.1 Å². The highest BCUT2D eigenvalue weighted by Crippen LogP contribution is 2.32. The molecule has 2 fully saturated rings. The number of fused-ring (bicyclic) bond motifs is 1. The molecule has 1 saturated carbocycles. The van der Waals surface area contributed by atoms with Gasteiger partial charge in [0.2, 0.25) is 11.8 Å². The van der Waals surface area contributed by atoms with Crippen molar-refractivity contribution in [1.82, 2.24) is 25.4 Å². The molecule has 1 unspecified atom stereocenters. The van der Waals surface area contributed by atoms with Gasteiger partial charge < -0.3 is 15.6 Å². The summed E-state index contributed by atoms with van der Waals surface area (Å²) in [6.45, 7) is 3.31. The van der Waals surface area contributed by atoms with Gasteiger partial charge in [-0.2, -0.15) is 13.2 Å². The molecule has 0 bridgehead atoms. The molecule has 2 amide bonds. The van der Waals surface area contributed by atoms with E-state index in [4.69, 9.17) is 0 Å². The van der Waals surface area contributed by atoms with E-state index in [1.54, 1.807) is 6.20 Å². The van der Waals surface area contributed by atoms with Crippen LogP contribution in [0.3, 0.4) is 0 Å². The normalized spacial score (nSPS) is 18.3. The fourth-order valence-corrected chi connectivity index (χ4v) is 6.16. The second-order valence-electron chi connectivity index (χ2n) is 11.2. The van der Waals surface area contributed by atoms with Crippen molar-refractivity contribution in [3.63, 3.8) is 0 Å². The smallest absolute Gasteiger partial charge is 0.361 e. The van der Waals surface area contributed by atoms with E-state index in [-0.39, 0.29) is 31.0 Å². The number of piperazine rings is 1. The van der Waals surface area contributed by atoms with Gasteiger partial charge in [-0.1, -0.05) is 55.7 Å². The minimum atomic E-state index is -4.53. The average Bonchev–Trinajstić information content (AvgIpc) is 3.39. The maximum atomic E-state index is 13.5. The Morgan fingerprint density at radius 2 is 1.63 bits per heavy atom. The SMILES string of the molecule is O=C(CN1CCN(C2CCCCC2)CC1)NC(Cc1c[nH]c2ccccc12)C(=O)NCc1ccccc1C(F)(F)F. The van der Waals surface area contributed by atoms with Crippen LogP contribution in [-0.4, -0.2) is 71.4 Å². The third-order valence-electron chi connectivity index (χ3n) is 8.39. The number of nitrogens with zero attached hydrogens (tertiary/aromatic N) is 2. The molecular weight excluding hydrogens is 531 g/mol. The van der Waals surface area contributed by atoms with Crippen LogP contribution in [0.5, 0.6) is 0 Å². The maximum Gasteiger partial charge on any atom is 0.416 e. The summed E-state index contributed by atoms with van der Waals surface area (Å²) >= 11 is 0. The largest absolute Gasteiger partial charge is 0.416 e. The van der Waals surface area contributed by atoms with E-state index in [1.165, 1.54) is 50.3 Å². The van der Waals surface area contributed by atoms with Crippen LogP contribution in [0.2, 0.25) is 0 Å². The second-order valence-corrected chi connectivity index (χ2v) is 11.2. The van der Waals surface area contributed by atoms with E-state index in [0.717, 1.165) is 48.7 Å². The summed E-state index contributed by atoms with van der Waals surface area (Å²) < 4.78 is 40.4. The predicted molar refractivity (Wildman–Crippen MR) is 152 cm³/mol. The van der Waals surface area contributed by atoms with Crippen molar-refractivity contribution in [1.29, 1.82) is 0 Å². The molecule has 2 aromatic carbocycles. The average molecular weight is 570 g/mol. The minimum absolute atomic E-state index is 0.0265. The highest BCUT2D eigenvalue weighted by Gasteiger charge is 2.33. The van der Waals surface area contributed by atoms with Gasteiger partial charge in [0, 0.05) is 62.3 Å². The Bertz CT molecular complexity index is 1330. The summed E-state index contributed by atoms with van der Waals surface area (Å²) in [7, 11) is 0. The van der Waals surface area contributed by atoms with Crippen LogP contribution in [0.4, 0.5) is 13.2 Å². The molecule has 3 aromatic rings. The van der Waals surface area contributed by atoms with Crippen LogP contribution in [0.1, 0.15) is 48.8 Å². The molecule has 0 spiro atoms. The molecule has 5 rings (SSSR count). The Morgan fingerprint density at radius 3 is 2.39 bits per heavy atom. The number of hydrogen-bond acceptors (Lipinski definition) is 4. The van der Waals surface area contributed by atoms with Crippen molar-refractivity contribution < 1.29 is 22.8 Å². The third kappa shape index (κ3) is 7.48. The Balaban J connectivity index is 1.23. The number of amides is 2. The lowest BCUT2D eigenvalue weighted by Crippen LogP contribution is -2.54. The number of aromatic amines is 1. The van der Waals surface area contributed by atoms with Crippen LogP contribution in [0.15, 0.2) is 54.7 Å². The summed E-state index contributed by atoms with van der Waals surface area (Å²) in [6.07, 6.45) is 3.87. The molecular formula is C31H38F3N5O2. The molecule has 1 aromatic heterocycles. The van der Waals surface area contributed by atoms with Gasteiger partial charge in [-0.05, 0) is 36.1 Å². The van der Waals surface area contributed by atoms with Crippen LogP contribution >= 0.6 is 0 Å². The summed E-state index contributed by atoms with van der Waals surface area (Å²) in [5, 5.41) is 6.45. The van der Waals surface area contributed by atoms with Gasteiger partial charge in [0.15, 0.2) is 0 Å². The van der Waals surface area contributed by atoms with Crippen LogP contribution < -0.4 is 10.6 Å². The van der Waals surface area contributed by atoms with E-state index in [9.17, 15) is 22.8 Å². The first-order valence-electron chi connectivity index (χ1n) is 14.5. The molecule has 220 valence electrons. The number of halogens is 3. The topological polar surface area (TPSA) is 80.5 Å². The number of para-hydroxylation sites is 1. The first kappa shape index (κ1) is 29.1. The third-order valence-corrected chi connectivity index (χ3v) is 8.39. The minimum Gasteiger partial charge on any atom is -0.361 e. The molecule has 1 atom stereocenters. The first-order chi connectivity index (χ1) is 19.8. The zero-order chi connectivity index (χ0) is 28.8. The highest BCUT2D eigenvalue weighted by molar-refractivity contribution is 5.90. The molecule has 2 aliphatic rings. The summed E-state index contributed by atoms with van der Waals surface area (Å²) in [4.78, 5) is 34.3. The van der Waals surface area contributed by atoms with Crippen molar-refractivity contribution in [2.24, 2.45) is 0 Å². The summed E-state index contributed by atoms with van der Waals surface area (Å²) in [5.74, 6) is -0.797. The lowest BCUT2D eigenvalue weighted by molar-refractivity contribution is -0.138. The lowest BCUT2D eigenvalue weighted by atomic mass is 9.94. The van der Waals surface area contributed by atoms with Crippen molar-refractivity contribution in [3.05, 3.63) is 71.4 Å². The molecule has 1 aliphatic carbocycles. The highest BCUT2D eigenvalue weighted by atomic mass is 19.4. The number of carbonyl (C=O) groups is 2. The standard InChI is InChI=1S/C31H38F3N5O2/c32-31(33,34)26-12-6-4-8-22(26)19-36-30(41)28(18-23-20-35-27-13-7-5-11-25(23)27)37-29(40)21-38-14-16-39(17-15-38)24-9-2-1-3-10-24/h4-8,11-13,20,24,28,35H,1-3,9-10,14-19,21H2,(H,36,41)(H,37,40). The fourth-order valence-electron chi connectivity index (χ4n) is 6.16. The number of benzene rings is 2. The van der Waals surface area contributed by atoms with Gasteiger partial charge in [0.25, 0.3) is 0 Å². The zero-order valence-electron chi connectivity index (χ0n) is 23.2. The van der Waals surface area contributed by atoms with Gasteiger partial charge in [-0.3, -0.25) is 19.4 Å². The van der Waals surface area contributed by atoms with Gasteiger partial charge in [-0.25, -0.2) is 0 Å². The molecule has 41 heavy (non-hydrogen) atoms. The van der Waals surface area contributed by atoms with Crippen molar-refractivity contribution >= 4 is 22.7 Å². The Morgan fingerprint density at radius 1 is 0.927 bits per heavy atom. The summed E-state index contributed by atoms with van der Waals surface area (Å²) in [6, 6.07) is 12.5. The molecule has 2 heterocycles. The first-order valence-corrected chi connectivity index (χ1v) is 14.5.